The molecule has 1 N–H and O–H groups in total. The van der Waals surface area contributed by atoms with Gasteiger partial charge in [0.15, 0.2) is 5.65 Å². The first-order chi connectivity index (χ1) is 13.6. The van der Waals surface area contributed by atoms with Crippen LogP contribution in [0.3, 0.4) is 0 Å². The number of carbonyl (C=O) groups excluding carboxylic acids is 1. The second kappa shape index (κ2) is 8.43. The summed E-state index contributed by atoms with van der Waals surface area (Å²) in [7, 11) is 0. The maximum absolute atomic E-state index is 13.4. The molecule has 4 rings (SSSR count). The van der Waals surface area contributed by atoms with E-state index >= 15 is 0 Å². The Hall–Kier alpha value is -2.22. The van der Waals surface area contributed by atoms with Crippen molar-refractivity contribution in [3.8, 4) is 0 Å². The van der Waals surface area contributed by atoms with Gasteiger partial charge >= 0.3 is 0 Å². The number of halogens is 1. The van der Waals surface area contributed by atoms with Gasteiger partial charge in [-0.25, -0.2) is 9.97 Å². The average molecular weight is 486 g/mol. The largest absolute Gasteiger partial charge is 0.354 e. The Bertz CT molecular complexity index is 995. The molecule has 0 bridgehead atoms. The Balaban J connectivity index is 1.79. The van der Waals surface area contributed by atoms with Gasteiger partial charge in [0.2, 0.25) is 0 Å². The molecule has 0 unspecified atom stereocenters. The van der Waals surface area contributed by atoms with E-state index in [2.05, 4.69) is 37.9 Å². The fourth-order valence-electron chi connectivity index (χ4n) is 3.59. The molecule has 1 saturated heterocycles. The second-order valence-electron chi connectivity index (χ2n) is 7.21. The standard InChI is InChI=1S/C22H23IN4O/c1-15-6-11-18-20(26-17-9-7-16(23)8-10-17)19(14-24-21(18)25-15)22(28)27-12-4-2-3-5-13-27/h6-11,14H,2-5,12-13H2,1H3,(H,24,25,26). The van der Waals surface area contributed by atoms with Crippen molar-refractivity contribution in [1.29, 1.82) is 0 Å². The number of benzene rings is 1. The number of amides is 1. The van der Waals surface area contributed by atoms with Gasteiger partial charge in [-0.3, -0.25) is 4.79 Å². The lowest BCUT2D eigenvalue weighted by Gasteiger charge is -2.22. The fraction of sp³-hybridized carbons (Fsp3) is 0.318. The highest BCUT2D eigenvalue weighted by Gasteiger charge is 2.22. The van der Waals surface area contributed by atoms with Crippen LogP contribution in [-0.4, -0.2) is 33.9 Å². The van der Waals surface area contributed by atoms with Crippen molar-refractivity contribution < 1.29 is 4.79 Å². The predicted molar refractivity (Wildman–Crippen MR) is 121 cm³/mol. The van der Waals surface area contributed by atoms with Crippen molar-refractivity contribution in [2.75, 3.05) is 18.4 Å². The summed E-state index contributed by atoms with van der Waals surface area (Å²) in [5.41, 5.74) is 3.90. The molecule has 3 aromatic rings. The monoisotopic (exact) mass is 486 g/mol. The van der Waals surface area contributed by atoms with E-state index in [4.69, 9.17) is 0 Å². The number of anilines is 2. The number of likely N-dealkylation sites (tertiary alicyclic amines) is 1. The zero-order valence-corrected chi connectivity index (χ0v) is 18.1. The second-order valence-corrected chi connectivity index (χ2v) is 8.45. The van der Waals surface area contributed by atoms with Crippen LogP contribution in [0.4, 0.5) is 11.4 Å². The van der Waals surface area contributed by atoms with E-state index in [-0.39, 0.29) is 5.91 Å². The number of pyridine rings is 2. The minimum atomic E-state index is 0.0462. The highest BCUT2D eigenvalue weighted by molar-refractivity contribution is 14.1. The SMILES string of the molecule is Cc1ccc2c(Nc3ccc(I)cc3)c(C(=O)N3CCCCCC3)cnc2n1. The lowest BCUT2D eigenvalue weighted by atomic mass is 10.1. The van der Waals surface area contributed by atoms with Crippen LogP contribution >= 0.6 is 22.6 Å². The third kappa shape index (κ3) is 4.11. The molecule has 0 saturated carbocycles. The number of hydrogen-bond acceptors (Lipinski definition) is 4. The molecule has 5 nitrogen and oxygen atoms in total. The maximum Gasteiger partial charge on any atom is 0.257 e. The van der Waals surface area contributed by atoms with Crippen molar-refractivity contribution in [2.24, 2.45) is 0 Å². The van der Waals surface area contributed by atoms with E-state index in [1.165, 1.54) is 16.4 Å². The summed E-state index contributed by atoms with van der Waals surface area (Å²) in [6.07, 6.45) is 6.19. The summed E-state index contributed by atoms with van der Waals surface area (Å²) >= 11 is 2.29. The molecule has 0 atom stereocenters. The summed E-state index contributed by atoms with van der Waals surface area (Å²) < 4.78 is 1.17. The zero-order valence-electron chi connectivity index (χ0n) is 15.9. The number of fused-ring (bicyclic) bond motifs is 1. The Kier molecular flexibility index (Phi) is 5.75. The molecule has 1 aliphatic rings. The Morgan fingerprint density at radius 1 is 1.04 bits per heavy atom. The summed E-state index contributed by atoms with van der Waals surface area (Å²) in [5.74, 6) is 0.0462. The number of aryl methyl sites for hydroxylation is 1. The third-order valence-corrected chi connectivity index (χ3v) is 5.83. The van der Waals surface area contributed by atoms with Crippen LogP contribution in [0.15, 0.2) is 42.6 Å². The molecule has 6 heteroatoms. The normalized spacial score (nSPS) is 14.7. The lowest BCUT2D eigenvalue weighted by Crippen LogP contribution is -2.32. The van der Waals surface area contributed by atoms with Crippen molar-refractivity contribution >= 4 is 50.9 Å². The third-order valence-electron chi connectivity index (χ3n) is 5.11. The summed E-state index contributed by atoms with van der Waals surface area (Å²) in [4.78, 5) is 24.4. The van der Waals surface area contributed by atoms with Gasteiger partial charge in [-0.1, -0.05) is 12.8 Å². The van der Waals surface area contributed by atoms with Gasteiger partial charge < -0.3 is 10.2 Å². The molecule has 0 radical (unpaired) electrons. The van der Waals surface area contributed by atoms with Crippen LogP contribution in [0.25, 0.3) is 11.0 Å². The molecule has 144 valence electrons. The average Bonchev–Trinajstić information content (AvgIpc) is 2.99. The zero-order chi connectivity index (χ0) is 19.5. The molecule has 1 amide bonds. The molecule has 3 heterocycles. The highest BCUT2D eigenvalue weighted by Crippen LogP contribution is 2.30. The Labute approximate surface area is 178 Å². The van der Waals surface area contributed by atoms with Crippen LogP contribution < -0.4 is 5.32 Å². The first-order valence-electron chi connectivity index (χ1n) is 9.70. The van der Waals surface area contributed by atoms with Crippen molar-refractivity contribution in [2.45, 2.75) is 32.6 Å². The van der Waals surface area contributed by atoms with Crippen molar-refractivity contribution in [1.82, 2.24) is 14.9 Å². The molecule has 1 aromatic carbocycles. The van der Waals surface area contributed by atoms with Gasteiger partial charge in [-0.05, 0) is 78.8 Å². The molecular weight excluding hydrogens is 463 g/mol. The molecular formula is C22H23IN4O. The van der Waals surface area contributed by atoms with E-state index in [1.54, 1.807) is 6.20 Å². The van der Waals surface area contributed by atoms with Gasteiger partial charge in [-0.2, -0.15) is 0 Å². The minimum absolute atomic E-state index is 0.0462. The quantitative estimate of drug-likeness (QED) is 0.511. The fourth-order valence-corrected chi connectivity index (χ4v) is 3.95. The first kappa shape index (κ1) is 19.1. The van der Waals surface area contributed by atoms with E-state index in [1.807, 2.05) is 48.2 Å². The lowest BCUT2D eigenvalue weighted by molar-refractivity contribution is 0.0762. The predicted octanol–water partition coefficient (Wildman–Crippen LogP) is 5.30. The van der Waals surface area contributed by atoms with Gasteiger partial charge in [0.05, 0.1) is 11.3 Å². The molecule has 1 fully saturated rings. The maximum atomic E-state index is 13.4. The van der Waals surface area contributed by atoms with E-state index in [9.17, 15) is 4.79 Å². The molecule has 2 aromatic heterocycles. The van der Waals surface area contributed by atoms with Crippen LogP contribution in [0.1, 0.15) is 41.7 Å². The van der Waals surface area contributed by atoms with E-state index < -0.39 is 0 Å². The first-order valence-corrected chi connectivity index (χ1v) is 10.8. The van der Waals surface area contributed by atoms with Crippen LogP contribution in [0.2, 0.25) is 0 Å². The molecule has 28 heavy (non-hydrogen) atoms. The number of rotatable bonds is 3. The number of hydrogen-bond donors (Lipinski definition) is 1. The summed E-state index contributed by atoms with van der Waals surface area (Å²) in [6.45, 7) is 3.57. The molecule has 1 aliphatic heterocycles. The smallest absolute Gasteiger partial charge is 0.257 e. The van der Waals surface area contributed by atoms with Crippen LogP contribution in [0.5, 0.6) is 0 Å². The Morgan fingerprint density at radius 2 is 1.75 bits per heavy atom. The topological polar surface area (TPSA) is 58.1 Å². The van der Waals surface area contributed by atoms with E-state index in [0.717, 1.165) is 48.4 Å². The number of nitrogens with one attached hydrogen (secondary N) is 1. The summed E-state index contributed by atoms with van der Waals surface area (Å²) in [5, 5.41) is 4.33. The summed E-state index contributed by atoms with van der Waals surface area (Å²) in [6, 6.07) is 12.1. The van der Waals surface area contributed by atoms with Crippen molar-refractivity contribution in [3.63, 3.8) is 0 Å². The van der Waals surface area contributed by atoms with E-state index in [0.29, 0.717) is 11.2 Å². The van der Waals surface area contributed by atoms with Crippen LogP contribution in [0, 0.1) is 10.5 Å². The van der Waals surface area contributed by atoms with Crippen molar-refractivity contribution in [3.05, 3.63) is 57.4 Å². The number of carbonyl (C=O) groups is 1. The molecule has 0 aliphatic carbocycles. The highest BCUT2D eigenvalue weighted by atomic mass is 127. The minimum Gasteiger partial charge on any atom is -0.354 e. The van der Waals surface area contributed by atoms with Crippen LogP contribution in [-0.2, 0) is 0 Å². The Morgan fingerprint density at radius 3 is 2.46 bits per heavy atom. The van der Waals surface area contributed by atoms with Gasteiger partial charge in [0, 0.05) is 39.6 Å². The van der Waals surface area contributed by atoms with Gasteiger partial charge in [-0.15, -0.1) is 0 Å². The van der Waals surface area contributed by atoms with Gasteiger partial charge in [0.1, 0.15) is 0 Å². The number of nitrogens with zero attached hydrogens (tertiary/aromatic N) is 3. The molecule has 0 spiro atoms. The van der Waals surface area contributed by atoms with Gasteiger partial charge in [0.25, 0.3) is 5.91 Å². The number of aromatic nitrogens is 2.